The number of anilines is 1. The van der Waals surface area contributed by atoms with Gasteiger partial charge in [0.05, 0.1) is 10.9 Å². The van der Waals surface area contributed by atoms with Crippen molar-refractivity contribution in [3.63, 3.8) is 0 Å². The Balaban J connectivity index is 1.85. The van der Waals surface area contributed by atoms with E-state index in [0.717, 1.165) is 46.0 Å². The molecule has 25 heavy (non-hydrogen) atoms. The van der Waals surface area contributed by atoms with E-state index in [4.69, 9.17) is 5.73 Å². The van der Waals surface area contributed by atoms with Crippen LogP contribution in [0.5, 0.6) is 0 Å². The molecule has 0 unspecified atom stereocenters. The first-order chi connectivity index (χ1) is 12.2. The predicted octanol–water partition coefficient (Wildman–Crippen LogP) is 3.81. The summed E-state index contributed by atoms with van der Waals surface area (Å²) in [6, 6.07) is 10.4. The standard InChI is InChI=1S/C20H19N5/c1-12-6-7-16-17(14-8-13-4-2-3-5-15(13)22-9-14)18-19(21)23-11-24-20(18)25(16)10-12/h2-5,8-9,11-12H,6-7,10H2,1H3,(H2,21,23,24)/t12-/m1/s1. The fraction of sp³-hybridized carbons (Fsp3) is 0.250. The summed E-state index contributed by atoms with van der Waals surface area (Å²) in [5.74, 6) is 1.18. The molecule has 0 bridgehead atoms. The van der Waals surface area contributed by atoms with Crippen LogP contribution in [0, 0.1) is 5.92 Å². The normalized spacial score (nSPS) is 17.1. The highest BCUT2D eigenvalue weighted by molar-refractivity contribution is 6.03. The minimum absolute atomic E-state index is 0.544. The number of nitrogen functional groups attached to an aromatic ring is 1. The van der Waals surface area contributed by atoms with Crippen LogP contribution in [0.3, 0.4) is 0 Å². The van der Waals surface area contributed by atoms with Crippen LogP contribution in [0.25, 0.3) is 33.1 Å². The van der Waals surface area contributed by atoms with Crippen molar-refractivity contribution in [2.45, 2.75) is 26.3 Å². The van der Waals surface area contributed by atoms with Gasteiger partial charge in [-0.1, -0.05) is 25.1 Å². The summed E-state index contributed by atoms with van der Waals surface area (Å²) in [5.41, 5.74) is 11.8. The summed E-state index contributed by atoms with van der Waals surface area (Å²) in [4.78, 5) is 13.4. The zero-order valence-electron chi connectivity index (χ0n) is 14.1. The molecule has 0 aliphatic carbocycles. The van der Waals surface area contributed by atoms with Crippen molar-refractivity contribution < 1.29 is 0 Å². The lowest BCUT2D eigenvalue weighted by Gasteiger charge is -2.22. The molecule has 5 rings (SSSR count). The fourth-order valence-electron chi connectivity index (χ4n) is 4.00. The van der Waals surface area contributed by atoms with Gasteiger partial charge in [-0.05, 0) is 30.9 Å². The van der Waals surface area contributed by atoms with Crippen molar-refractivity contribution in [3.05, 3.63) is 48.5 Å². The van der Waals surface area contributed by atoms with E-state index in [0.29, 0.717) is 11.7 Å². The van der Waals surface area contributed by atoms with Crippen LogP contribution in [0.4, 0.5) is 5.82 Å². The first-order valence-electron chi connectivity index (χ1n) is 8.69. The van der Waals surface area contributed by atoms with Crippen LogP contribution >= 0.6 is 0 Å². The van der Waals surface area contributed by atoms with Gasteiger partial charge in [-0.2, -0.15) is 0 Å². The highest BCUT2D eigenvalue weighted by Gasteiger charge is 2.26. The highest BCUT2D eigenvalue weighted by Crippen LogP contribution is 2.40. The Kier molecular flexibility index (Phi) is 3.04. The molecular formula is C20H19N5. The molecule has 1 aliphatic rings. The second kappa shape index (κ2) is 5.28. The van der Waals surface area contributed by atoms with Crippen molar-refractivity contribution in [3.8, 4) is 11.1 Å². The van der Waals surface area contributed by atoms with Crippen molar-refractivity contribution in [2.24, 2.45) is 5.92 Å². The number of hydrogen-bond acceptors (Lipinski definition) is 4. The third-order valence-electron chi connectivity index (χ3n) is 5.22. The summed E-state index contributed by atoms with van der Waals surface area (Å²) >= 11 is 0. The van der Waals surface area contributed by atoms with Gasteiger partial charge in [-0.15, -0.1) is 0 Å². The maximum absolute atomic E-state index is 6.27. The molecule has 0 radical (unpaired) electrons. The molecule has 0 saturated carbocycles. The van der Waals surface area contributed by atoms with Crippen molar-refractivity contribution in [2.75, 3.05) is 5.73 Å². The van der Waals surface area contributed by atoms with Gasteiger partial charge in [0.25, 0.3) is 0 Å². The fourth-order valence-corrected chi connectivity index (χ4v) is 4.00. The summed E-state index contributed by atoms with van der Waals surface area (Å²) in [7, 11) is 0. The molecule has 2 N–H and O–H groups in total. The second-order valence-electron chi connectivity index (χ2n) is 6.95. The number of rotatable bonds is 1. The summed E-state index contributed by atoms with van der Waals surface area (Å²) in [5, 5.41) is 2.09. The van der Waals surface area contributed by atoms with Crippen molar-refractivity contribution in [1.29, 1.82) is 0 Å². The first-order valence-corrected chi connectivity index (χ1v) is 8.69. The molecule has 1 aromatic carbocycles. The van der Waals surface area contributed by atoms with Crippen LogP contribution in [-0.2, 0) is 13.0 Å². The minimum Gasteiger partial charge on any atom is -0.383 e. The smallest absolute Gasteiger partial charge is 0.146 e. The maximum atomic E-state index is 6.27. The van der Waals surface area contributed by atoms with Gasteiger partial charge in [0.1, 0.15) is 17.8 Å². The van der Waals surface area contributed by atoms with E-state index in [2.05, 4.69) is 38.6 Å². The van der Waals surface area contributed by atoms with Crippen LogP contribution in [0.15, 0.2) is 42.9 Å². The molecule has 3 aromatic heterocycles. The molecule has 4 aromatic rings. The summed E-state index contributed by atoms with van der Waals surface area (Å²) in [6.45, 7) is 3.26. The Bertz CT molecular complexity index is 1110. The zero-order chi connectivity index (χ0) is 17.0. The Labute approximate surface area is 145 Å². The number of nitrogens with zero attached hydrogens (tertiary/aromatic N) is 4. The van der Waals surface area contributed by atoms with E-state index in [1.807, 2.05) is 24.4 Å². The lowest BCUT2D eigenvalue weighted by Crippen LogP contribution is -2.18. The molecule has 0 amide bonds. The summed E-state index contributed by atoms with van der Waals surface area (Å²) in [6.07, 6.45) is 5.71. The first kappa shape index (κ1) is 14.4. The third-order valence-corrected chi connectivity index (χ3v) is 5.22. The Morgan fingerprint density at radius 1 is 1.16 bits per heavy atom. The number of para-hydroxylation sites is 1. The lowest BCUT2D eigenvalue weighted by atomic mass is 9.95. The van der Waals surface area contributed by atoms with Gasteiger partial charge in [-0.25, -0.2) is 9.97 Å². The van der Waals surface area contributed by atoms with Crippen LogP contribution in [0.1, 0.15) is 19.0 Å². The van der Waals surface area contributed by atoms with E-state index in [1.54, 1.807) is 6.33 Å². The molecule has 0 saturated heterocycles. The molecule has 1 atom stereocenters. The van der Waals surface area contributed by atoms with E-state index in [-0.39, 0.29) is 0 Å². The highest BCUT2D eigenvalue weighted by atomic mass is 15.1. The van der Waals surface area contributed by atoms with Crippen molar-refractivity contribution in [1.82, 2.24) is 19.5 Å². The predicted molar refractivity (Wildman–Crippen MR) is 100 cm³/mol. The van der Waals surface area contributed by atoms with Crippen LogP contribution in [0.2, 0.25) is 0 Å². The molecule has 5 heteroatoms. The van der Waals surface area contributed by atoms with Gasteiger partial charge in [0, 0.05) is 34.9 Å². The Hall–Kier alpha value is -2.95. The van der Waals surface area contributed by atoms with Gasteiger partial charge in [0.15, 0.2) is 0 Å². The molecule has 4 heterocycles. The van der Waals surface area contributed by atoms with E-state index >= 15 is 0 Å². The van der Waals surface area contributed by atoms with Gasteiger partial charge >= 0.3 is 0 Å². The quantitative estimate of drug-likeness (QED) is 0.576. The largest absolute Gasteiger partial charge is 0.383 e. The summed E-state index contributed by atoms with van der Waals surface area (Å²) < 4.78 is 2.33. The Morgan fingerprint density at radius 2 is 2.04 bits per heavy atom. The average Bonchev–Trinajstić information content (AvgIpc) is 2.96. The number of nitrogens with two attached hydrogens (primary N) is 1. The number of hydrogen-bond donors (Lipinski definition) is 1. The molecule has 124 valence electrons. The van der Waals surface area contributed by atoms with E-state index < -0.39 is 0 Å². The molecule has 0 fully saturated rings. The SMILES string of the molecule is C[C@@H]1CCc2c(-c3cnc4ccccc4c3)c3c(N)ncnc3n2C1. The van der Waals surface area contributed by atoms with Gasteiger partial charge in [0.2, 0.25) is 0 Å². The lowest BCUT2D eigenvalue weighted by molar-refractivity contribution is 0.406. The van der Waals surface area contributed by atoms with Crippen molar-refractivity contribution >= 4 is 27.8 Å². The monoisotopic (exact) mass is 329 g/mol. The zero-order valence-corrected chi connectivity index (χ0v) is 14.1. The average molecular weight is 329 g/mol. The number of aromatic nitrogens is 4. The third kappa shape index (κ3) is 2.12. The van der Waals surface area contributed by atoms with Crippen LogP contribution in [-0.4, -0.2) is 19.5 Å². The second-order valence-corrected chi connectivity index (χ2v) is 6.95. The van der Waals surface area contributed by atoms with Gasteiger partial charge < -0.3 is 10.3 Å². The van der Waals surface area contributed by atoms with E-state index in [1.165, 1.54) is 12.1 Å². The van der Waals surface area contributed by atoms with E-state index in [9.17, 15) is 0 Å². The molecular weight excluding hydrogens is 310 g/mol. The molecule has 5 nitrogen and oxygen atoms in total. The molecule has 1 aliphatic heterocycles. The Morgan fingerprint density at radius 3 is 2.96 bits per heavy atom. The maximum Gasteiger partial charge on any atom is 0.146 e. The minimum atomic E-state index is 0.544. The molecule has 0 spiro atoms. The number of benzene rings is 1. The topological polar surface area (TPSA) is 69.6 Å². The number of pyridine rings is 1. The van der Waals surface area contributed by atoms with Gasteiger partial charge in [-0.3, -0.25) is 4.98 Å². The number of fused-ring (bicyclic) bond motifs is 4. The van der Waals surface area contributed by atoms with Crippen LogP contribution < -0.4 is 5.73 Å².